The summed E-state index contributed by atoms with van der Waals surface area (Å²) < 4.78 is 5.17. The molecule has 2 rings (SSSR count). The minimum atomic E-state index is 0.00379. The first-order valence-corrected chi connectivity index (χ1v) is 7.96. The Morgan fingerprint density at radius 3 is 2.78 bits per heavy atom. The van der Waals surface area contributed by atoms with Crippen LogP contribution in [0.4, 0.5) is 0 Å². The molecule has 6 nitrogen and oxygen atoms in total. The highest BCUT2D eigenvalue weighted by molar-refractivity contribution is 5.78. The molecule has 1 saturated heterocycles. The van der Waals surface area contributed by atoms with Crippen LogP contribution >= 0.6 is 0 Å². The van der Waals surface area contributed by atoms with Crippen molar-refractivity contribution >= 4 is 11.8 Å². The van der Waals surface area contributed by atoms with E-state index in [1.807, 2.05) is 29.2 Å². The van der Waals surface area contributed by atoms with Crippen LogP contribution in [0.5, 0.6) is 5.75 Å². The van der Waals surface area contributed by atoms with Gasteiger partial charge in [0.25, 0.3) is 0 Å². The highest BCUT2D eigenvalue weighted by Gasteiger charge is 2.18. The topological polar surface area (TPSA) is 61.9 Å². The Hall–Kier alpha value is -2.08. The molecule has 0 bridgehead atoms. The van der Waals surface area contributed by atoms with Crippen molar-refractivity contribution in [3.05, 3.63) is 29.8 Å². The molecule has 23 heavy (non-hydrogen) atoms. The van der Waals surface area contributed by atoms with Gasteiger partial charge < -0.3 is 15.0 Å². The predicted octanol–water partition coefficient (Wildman–Crippen LogP) is 0.866. The van der Waals surface area contributed by atoms with Gasteiger partial charge in [-0.05, 0) is 24.1 Å². The van der Waals surface area contributed by atoms with Crippen LogP contribution in [0.1, 0.15) is 18.9 Å². The van der Waals surface area contributed by atoms with Crippen LogP contribution in [-0.4, -0.2) is 61.4 Å². The molecular weight excluding hydrogens is 294 g/mol. The molecule has 2 amide bonds. The normalized spacial score (nSPS) is 15.8. The summed E-state index contributed by atoms with van der Waals surface area (Å²) in [6.07, 6.45) is 0.906. The highest BCUT2D eigenvalue weighted by Crippen LogP contribution is 2.12. The number of ether oxygens (including phenoxy) is 1. The van der Waals surface area contributed by atoms with Gasteiger partial charge in [0.2, 0.25) is 11.8 Å². The molecule has 1 aliphatic heterocycles. The van der Waals surface area contributed by atoms with Gasteiger partial charge in [-0.3, -0.25) is 14.5 Å². The number of methoxy groups -OCH3 is 1. The lowest BCUT2D eigenvalue weighted by Gasteiger charge is -2.20. The van der Waals surface area contributed by atoms with E-state index in [2.05, 4.69) is 10.2 Å². The number of nitrogens with zero attached hydrogens (tertiary/aromatic N) is 2. The number of carbonyl (C=O) groups excluding carboxylic acids is 2. The Morgan fingerprint density at radius 2 is 2.04 bits per heavy atom. The summed E-state index contributed by atoms with van der Waals surface area (Å²) >= 11 is 0. The summed E-state index contributed by atoms with van der Waals surface area (Å²) in [5, 5.41) is 2.94. The summed E-state index contributed by atoms with van der Waals surface area (Å²) in [6.45, 7) is 5.51. The van der Waals surface area contributed by atoms with Gasteiger partial charge in [0.05, 0.1) is 13.7 Å². The van der Waals surface area contributed by atoms with Crippen LogP contribution in [0.25, 0.3) is 0 Å². The van der Waals surface area contributed by atoms with E-state index in [1.54, 1.807) is 14.0 Å². The monoisotopic (exact) mass is 319 g/mol. The maximum absolute atomic E-state index is 12.1. The molecule has 1 aromatic carbocycles. The smallest absolute Gasteiger partial charge is 0.234 e. The first kappa shape index (κ1) is 17.3. The fraction of sp³-hybridized carbons (Fsp3) is 0.529. The molecule has 0 unspecified atom stereocenters. The lowest BCUT2D eigenvalue weighted by atomic mass is 10.2. The molecule has 6 heteroatoms. The minimum Gasteiger partial charge on any atom is -0.497 e. The van der Waals surface area contributed by atoms with E-state index in [4.69, 9.17) is 4.74 Å². The Kier molecular flexibility index (Phi) is 6.40. The average molecular weight is 319 g/mol. The fourth-order valence-corrected chi connectivity index (χ4v) is 2.69. The molecule has 0 radical (unpaired) electrons. The third-order valence-electron chi connectivity index (χ3n) is 4.02. The molecule has 126 valence electrons. The number of hydrogen-bond donors (Lipinski definition) is 1. The summed E-state index contributed by atoms with van der Waals surface area (Å²) in [5.74, 6) is 0.895. The van der Waals surface area contributed by atoms with E-state index < -0.39 is 0 Å². The fourth-order valence-electron chi connectivity index (χ4n) is 2.69. The number of hydrogen-bond acceptors (Lipinski definition) is 4. The molecule has 0 aliphatic carbocycles. The van der Waals surface area contributed by atoms with Crippen LogP contribution < -0.4 is 10.1 Å². The van der Waals surface area contributed by atoms with E-state index in [0.717, 1.165) is 37.4 Å². The van der Waals surface area contributed by atoms with Gasteiger partial charge in [-0.2, -0.15) is 0 Å². The van der Waals surface area contributed by atoms with Crippen molar-refractivity contribution in [2.75, 3.05) is 39.8 Å². The predicted molar refractivity (Wildman–Crippen MR) is 88.2 cm³/mol. The molecule has 0 saturated carbocycles. The third-order valence-corrected chi connectivity index (χ3v) is 4.02. The molecular formula is C17H25N3O3. The molecule has 1 aliphatic rings. The van der Waals surface area contributed by atoms with E-state index in [0.29, 0.717) is 19.6 Å². The van der Waals surface area contributed by atoms with Crippen LogP contribution in [0.3, 0.4) is 0 Å². The summed E-state index contributed by atoms with van der Waals surface area (Å²) in [6, 6.07) is 7.66. The zero-order chi connectivity index (χ0) is 16.7. The van der Waals surface area contributed by atoms with E-state index in [1.165, 1.54) is 0 Å². The molecule has 0 spiro atoms. The molecule has 1 aromatic rings. The lowest BCUT2D eigenvalue weighted by Crippen LogP contribution is -2.39. The Bertz CT molecular complexity index is 548. The number of amides is 2. The maximum atomic E-state index is 12.1. The SMILES string of the molecule is COc1cccc(CNC(=O)CN2CCCN(C(C)=O)CC2)c1. The van der Waals surface area contributed by atoms with E-state index >= 15 is 0 Å². The van der Waals surface area contributed by atoms with E-state index in [-0.39, 0.29) is 11.8 Å². The van der Waals surface area contributed by atoms with Gasteiger partial charge in [0.15, 0.2) is 0 Å². The van der Waals surface area contributed by atoms with E-state index in [9.17, 15) is 9.59 Å². The quantitative estimate of drug-likeness (QED) is 0.875. The zero-order valence-corrected chi connectivity index (χ0v) is 13.9. The largest absolute Gasteiger partial charge is 0.497 e. The number of rotatable bonds is 5. The summed E-state index contributed by atoms with van der Waals surface area (Å²) in [4.78, 5) is 27.5. The summed E-state index contributed by atoms with van der Waals surface area (Å²) in [5.41, 5.74) is 1.01. The van der Waals surface area contributed by atoms with Gasteiger partial charge in [-0.15, -0.1) is 0 Å². The van der Waals surface area contributed by atoms with Crippen molar-refractivity contribution in [1.29, 1.82) is 0 Å². The van der Waals surface area contributed by atoms with Crippen LogP contribution in [0.15, 0.2) is 24.3 Å². The van der Waals surface area contributed by atoms with Crippen molar-refractivity contribution in [2.45, 2.75) is 19.9 Å². The molecule has 1 fully saturated rings. The van der Waals surface area contributed by atoms with Crippen molar-refractivity contribution in [3.63, 3.8) is 0 Å². The second-order valence-corrected chi connectivity index (χ2v) is 5.76. The highest BCUT2D eigenvalue weighted by atomic mass is 16.5. The van der Waals surface area contributed by atoms with Gasteiger partial charge >= 0.3 is 0 Å². The van der Waals surface area contributed by atoms with Gasteiger partial charge in [0, 0.05) is 39.6 Å². The van der Waals surface area contributed by atoms with Crippen molar-refractivity contribution in [2.24, 2.45) is 0 Å². The van der Waals surface area contributed by atoms with Crippen molar-refractivity contribution in [3.8, 4) is 5.75 Å². The van der Waals surface area contributed by atoms with Crippen molar-refractivity contribution < 1.29 is 14.3 Å². The second kappa shape index (κ2) is 8.53. The number of nitrogens with one attached hydrogen (secondary N) is 1. The number of carbonyl (C=O) groups is 2. The maximum Gasteiger partial charge on any atom is 0.234 e. The Labute approximate surface area is 137 Å². The average Bonchev–Trinajstić information content (AvgIpc) is 2.79. The Morgan fingerprint density at radius 1 is 1.22 bits per heavy atom. The second-order valence-electron chi connectivity index (χ2n) is 5.76. The first-order chi connectivity index (χ1) is 11.1. The standard InChI is InChI=1S/C17H25N3O3/c1-14(21)20-8-4-7-19(9-10-20)13-17(22)18-12-15-5-3-6-16(11-15)23-2/h3,5-6,11H,4,7-10,12-13H2,1-2H3,(H,18,22). The van der Waals surface area contributed by atoms with Crippen LogP contribution in [0.2, 0.25) is 0 Å². The minimum absolute atomic E-state index is 0.00379. The molecule has 0 aromatic heterocycles. The molecule has 1 heterocycles. The van der Waals surface area contributed by atoms with Crippen molar-refractivity contribution in [1.82, 2.24) is 15.1 Å². The summed E-state index contributed by atoms with van der Waals surface area (Å²) in [7, 11) is 1.63. The van der Waals surface area contributed by atoms with Gasteiger partial charge in [-0.1, -0.05) is 12.1 Å². The van der Waals surface area contributed by atoms with Gasteiger partial charge in [-0.25, -0.2) is 0 Å². The van der Waals surface area contributed by atoms with Crippen LogP contribution in [0, 0.1) is 0 Å². The molecule has 0 atom stereocenters. The zero-order valence-electron chi connectivity index (χ0n) is 13.9. The molecule has 1 N–H and O–H groups in total. The number of benzene rings is 1. The third kappa shape index (κ3) is 5.56. The lowest BCUT2D eigenvalue weighted by molar-refractivity contribution is -0.128. The van der Waals surface area contributed by atoms with Gasteiger partial charge in [0.1, 0.15) is 5.75 Å². The van der Waals surface area contributed by atoms with Crippen LogP contribution in [-0.2, 0) is 16.1 Å². The first-order valence-electron chi connectivity index (χ1n) is 7.96. The Balaban J connectivity index is 1.77.